The number of rotatable bonds is 8. The molecular formula is C18H27NO4. The second-order valence-corrected chi connectivity index (χ2v) is 6.28. The SMILES string of the molecule is Cc1ccc(C(C)C)cc1OC(C)C(=O)NC(C)CCC(=O)O. The largest absolute Gasteiger partial charge is 0.481 e. The van der Waals surface area contributed by atoms with Crippen molar-refractivity contribution in [1.82, 2.24) is 5.32 Å². The van der Waals surface area contributed by atoms with Crippen LogP contribution in [0.15, 0.2) is 18.2 Å². The molecule has 0 heterocycles. The molecule has 5 heteroatoms. The van der Waals surface area contributed by atoms with E-state index in [4.69, 9.17) is 9.84 Å². The van der Waals surface area contributed by atoms with Crippen LogP contribution in [0.2, 0.25) is 0 Å². The second kappa shape index (κ2) is 8.56. The summed E-state index contributed by atoms with van der Waals surface area (Å²) in [6, 6.07) is 5.82. The highest BCUT2D eigenvalue weighted by molar-refractivity contribution is 5.81. The van der Waals surface area contributed by atoms with E-state index in [-0.39, 0.29) is 18.4 Å². The molecule has 0 fully saturated rings. The molecule has 1 aromatic rings. The minimum Gasteiger partial charge on any atom is -0.481 e. The number of aliphatic carboxylic acids is 1. The Morgan fingerprint density at radius 3 is 2.43 bits per heavy atom. The third-order valence-electron chi connectivity index (χ3n) is 3.73. The molecule has 0 aliphatic heterocycles. The number of benzene rings is 1. The predicted octanol–water partition coefficient (Wildman–Crippen LogP) is 3.26. The van der Waals surface area contributed by atoms with Gasteiger partial charge >= 0.3 is 5.97 Å². The highest BCUT2D eigenvalue weighted by atomic mass is 16.5. The van der Waals surface area contributed by atoms with Gasteiger partial charge in [0.1, 0.15) is 5.75 Å². The van der Waals surface area contributed by atoms with Crippen molar-refractivity contribution >= 4 is 11.9 Å². The minimum absolute atomic E-state index is 0.0340. The Kier molecular flexibility index (Phi) is 7.07. The van der Waals surface area contributed by atoms with E-state index in [0.717, 1.165) is 11.1 Å². The Morgan fingerprint density at radius 1 is 1.22 bits per heavy atom. The van der Waals surface area contributed by atoms with Crippen molar-refractivity contribution in [3.8, 4) is 5.75 Å². The van der Waals surface area contributed by atoms with E-state index in [1.54, 1.807) is 13.8 Å². The Labute approximate surface area is 138 Å². The number of carbonyl (C=O) groups is 2. The van der Waals surface area contributed by atoms with Crippen molar-refractivity contribution in [2.75, 3.05) is 0 Å². The van der Waals surface area contributed by atoms with Gasteiger partial charge in [-0.15, -0.1) is 0 Å². The summed E-state index contributed by atoms with van der Waals surface area (Å²) >= 11 is 0. The van der Waals surface area contributed by atoms with E-state index < -0.39 is 12.1 Å². The van der Waals surface area contributed by atoms with Gasteiger partial charge < -0.3 is 15.2 Å². The summed E-state index contributed by atoms with van der Waals surface area (Å²) in [5.74, 6) is -0.0103. The van der Waals surface area contributed by atoms with Crippen LogP contribution >= 0.6 is 0 Å². The molecular weight excluding hydrogens is 294 g/mol. The van der Waals surface area contributed by atoms with Crippen LogP contribution < -0.4 is 10.1 Å². The first-order chi connectivity index (χ1) is 10.7. The molecule has 0 saturated carbocycles. The maximum absolute atomic E-state index is 12.1. The van der Waals surface area contributed by atoms with Crippen LogP contribution in [0.4, 0.5) is 0 Å². The Balaban J connectivity index is 2.64. The number of amides is 1. The predicted molar refractivity (Wildman–Crippen MR) is 89.8 cm³/mol. The third kappa shape index (κ3) is 6.30. The summed E-state index contributed by atoms with van der Waals surface area (Å²) < 4.78 is 5.80. The van der Waals surface area contributed by atoms with Crippen LogP contribution in [0, 0.1) is 6.92 Å². The zero-order valence-corrected chi connectivity index (χ0v) is 14.6. The number of carbonyl (C=O) groups excluding carboxylic acids is 1. The summed E-state index contributed by atoms with van der Waals surface area (Å²) in [5.41, 5.74) is 2.14. The number of hydrogen-bond donors (Lipinski definition) is 2. The molecule has 5 nitrogen and oxygen atoms in total. The molecule has 1 rings (SSSR count). The summed E-state index contributed by atoms with van der Waals surface area (Å²) in [7, 11) is 0. The minimum atomic E-state index is -0.864. The average Bonchev–Trinajstić information content (AvgIpc) is 2.46. The lowest BCUT2D eigenvalue weighted by Crippen LogP contribution is -2.41. The Hall–Kier alpha value is -2.04. The maximum atomic E-state index is 12.1. The zero-order valence-electron chi connectivity index (χ0n) is 14.6. The van der Waals surface area contributed by atoms with E-state index in [9.17, 15) is 9.59 Å². The standard InChI is InChI=1S/C18H27NO4/c1-11(2)15-8-6-12(3)16(10-15)23-14(5)18(22)19-13(4)7-9-17(20)21/h6,8,10-11,13-14H,7,9H2,1-5H3,(H,19,22)(H,20,21). The van der Waals surface area contributed by atoms with E-state index in [0.29, 0.717) is 18.1 Å². The van der Waals surface area contributed by atoms with E-state index >= 15 is 0 Å². The van der Waals surface area contributed by atoms with Crippen LogP contribution in [-0.4, -0.2) is 29.1 Å². The number of ether oxygens (including phenoxy) is 1. The molecule has 23 heavy (non-hydrogen) atoms. The average molecular weight is 321 g/mol. The molecule has 1 amide bonds. The molecule has 0 saturated heterocycles. The summed E-state index contributed by atoms with van der Waals surface area (Å²) in [4.78, 5) is 22.7. The van der Waals surface area contributed by atoms with Crippen LogP contribution in [0.3, 0.4) is 0 Å². The highest BCUT2D eigenvalue weighted by Gasteiger charge is 2.18. The fourth-order valence-electron chi connectivity index (χ4n) is 2.12. The van der Waals surface area contributed by atoms with Gasteiger partial charge in [-0.1, -0.05) is 26.0 Å². The van der Waals surface area contributed by atoms with Gasteiger partial charge in [0.15, 0.2) is 6.10 Å². The molecule has 128 valence electrons. The second-order valence-electron chi connectivity index (χ2n) is 6.28. The van der Waals surface area contributed by atoms with Crippen molar-refractivity contribution in [1.29, 1.82) is 0 Å². The summed E-state index contributed by atoms with van der Waals surface area (Å²) in [6.07, 6.45) is -0.203. The van der Waals surface area contributed by atoms with Crippen molar-refractivity contribution in [2.45, 2.75) is 65.5 Å². The molecule has 1 aromatic carbocycles. The first-order valence-corrected chi connectivity index (χ1v) is 8.00. The van der Waals surface area contributed by atoms with E-state index in [1.165, 1.54) is 0 Å². The van der Waals surface area contributed by atoms with Crippen LogP contribution in [0.1, 0.15) is 57.6 Å². The summed E-state index contributed by atoms with van der Waals surface area (Å²) in [5, 5.41) is 11.4. The van der Waals surface area contributed by atoms with Crippen LogP contribution in [0.25, 0.3) is 0 Å². The lowest BCUT2D eigenvalue weighted by molar-refractivity contribution is -0.137. The number of hydrogen-bond acceptors (Lipinski definition) is 3. The first-order valence-electron chi connectivity index (χ1n) is 8.00. The van der Waals surface area contributed by atoms with Gasteiger partial charge in [0.05, 0.1) is 0 Å². The zero-order chi connectivity index (χ0) is 17.6. The van der Waals surface area contributed by atoms with Gasteiger partial charge in [0.25, 0.3) is 5.91 Å². The maximum Gasteiger partial charge on any atom is 0.303 e. The number of carboxylic acid groups (broad SMARTS) is 1. The lowest BCUT2D eigenvalue weighted by atomic mass is 10.0. The quantitative estimate of drug-likeness (QED) is 0.770. The van der Waals surface area contributed by atoms with Gasteiger partial charge in [0.2, 0.25) is 0 Å². The summed E-state index contributed by atoms with van der Waals surface area (Å²) in [6.45, 7) is 9.64. The van der Waals surface area contributed by atoms with Gasteiger partial charge in [-0.25, -0.2) is 0 Å². The third-order valence-corrected chi connectivity index (χ3v) is 3.73. The van der Waals surface area contributed by atoms with E-state index in [2.05, 4.69) is 25.2 Å². The van der Waals surface area contributed by atoms with E-state index in [1.807, 2.05) is 19.1 Å². The molecule has 0 aromatic heterocycles. The smallest absolute Gasteiger partial charge is 0.303 e. The Morgan fingerprint density at radius 2 is 1.87 bits per heavy atom. The van der Waals surface area contributed by atoms with Gasteiger partial charge in [0, 0.05) is 12.5 Å². The van der Waals surface area contributed by atoms with Crippen molar-refractivity contribution in [2.24, 2.45) is 0 Å². The molecule has 2 atom stereocenters. The Bertz CT molecular complexity index is 554. The normalized spacial score (nSPS) is 13.5. The highest BCUT2D eigenvalue weighted by Crippen LogP contribution is 2.25. The lowest BCUT2D eigenvalue weighted by Gasteiger charge is -2.20. The fraction of sp³-hybridized carbons (Fsp3) is 0.556. The number of aryl methyl sites for hydroxylation is 1. The molecule has 2 N–H and O–H groups in total. The molecule has 0 bridgehead atoms. The van der Waals surface area contributed by atoms with Crippen molar-refractivity contribution in [3.05, 3.63) is 29.3 Å². The van der Waals surface area contributed by atoms with Gasteiger partial charge in [-0.2, -0.15) is 0 Å². The number of nitrogens with one attached hydrogen (secondary N) is 1. The fourth-order valence-corrected chi connectivity index (χ4v) is 2.12. The van der Waals surface area contributed by atoms with Gasteiger partial charge in [-0.05, 0) is 50.3 Å². The van der Waals surface area contributed by atoms with Crippen LogP contribution in [0.5, 0.6) is 5.75 Å². The monoisotopic (exact) mass is 321 g/mol. The van der Waals surface area contributed by atoms with Gasteiger partial charge in [-0.3, -0.25) is 9.59 Å². The number of carboxylic acids is 1. The van der Waals surface area contributed by atoms with Crippen molar-refractivity contribution in [3.63, 3.8) is 0 Å². The molecule has 0 spiro atoms. The van der Waals surface area contributed by atoms with Crippen LogP contribution in [-0.2, 0) is 9.59 Å². The van der Waals surface area contributed by atoms with Crippen molar-refractivity contribution < 1.29 is 19.4 Å². The molecule has 0 aliphatic carbocycles. The first kappa shape index (κ1) is 19.0. The molecule has 0 radical (unpaired) electrons. The topological polar surface area (TPSA) is 75.6 Å². The molecule has 0 aliphatic rings. The molecule has 2 unspecified atom stereocenters.